The zero-order valence-electron chi connectivity index (χ0n) is 18.3. The highest BCUT2D eigenvalue weighted by Gasteiger charge is 2.25. The van der Waals surface area contributed by atoms with E-state index in [1.807, 2.05) is 35.3 Å². The van der Waals surface area contributed by atoms with Crippen LogP contribution in [0.4, 0.5) is 0 Å². The largest absolute Gasteiger partial charge is 0.489 e. The molecule has 1 unspecified atom stereocenters. The van der Waals surface area contributed by atoms with E-state index in [2.05, 4.69) is 22.2 Å². The third kappa shape index (κ3) is 6.01. The number of piperidine rings is 1. The monoisotopic (exact) mass is 444 g/mol. The quantitative estimate of drug-likeness (QED) is 0.649. The third-order valence-electron chi connectivity index (χ3n) is 6.61. The molecule has 1 aromatic carbocycles. The highest BCUT2D eigenvalue weighted by atomic mass is 35.5. The van der Waals surface area contributed by atoms with Gasteiger partial charge in [0.1, 0.15) is 11.9 Å². The second kappa shape index (κ2) is 10.5. The first-order chi connectivity index (χ1) is 15.1. The van der Waals surface area contributed by atoms with Gasteiger partial charge in [0.15, 0.2) is 0 Å². The molecule has 2 heterocycles. The van der Waals surface area contributed by atoms with Crippen LogP contribution in [-0.4, -0.2) is 51.9 Å². The van der Waals surface area contributed by atoms with Crippen LogP contribution in [0.3, 0.4) is 0 Å². The number of likely N-dealkylation sites (tertiary alicyclic amines) is 1. The molecule has 1 aromatic heterocycles. The number of rotatable bonds is 8. The highest BCUT2D eigenvalue weighted by Crippen LogP contribution is 2.29. The molecule has 0 spiro atoms. The topological polar surface area (TPSA) is 59.4 Å². The average molecular weight is 445 g/mol. The van der Waals surface area contributed by atoms with Crippen LogP contribution in [0.2, 0.25) is 5.02 Å². The Morgan fingerprint density at radius 2 is 2.03 bits per heavy atom. The zero-order valence-corrected chi connectivity index (χ0v) is 19.1. The van der Waals surface area contributed by atoms with Gasteiger partial charge in [0.25, 0.3) is 5.91 Å². The number of carbonyl (C=O) groups is 1. The first-order valence-corrected chi connectivity index (χ1v) is 11.9. The van der Waals surface area contributed by atoms with Gasteiger partial charge in [-0.25, -0.2) is 0 Å². The Morgan fingerprint density at radius 1 is 1.26 bits per heavy atom. The van der Waals surface area contributed by atoms with Gasteiger partial charge in [-0.15, -0.1) is 0 Å². The van der Waals surface area contributed by atoms with Gasteiger partial charge in [0.2, 0.25) is 0 Å². The second-order valence-corrected chi connectivity index (χ2v) is 9.27. The minimum atomic E-state index is -0.0437. The van der Waals surface area contributed by atoms with Gasteiger partial charge in [-0.2, -0.15) is 5.10 Å². The van der Waals surface area contributed by atoms with Crippen molar-refractivity contribution in [2.45, 2.75) is 76.6 Å². The van der Waals surface area contributed by atoms with E-state index in [0.717, 1.165) is 51.7 Å². The molecule has 6 nitrogen and oxygen atoms in total. The van der Waals surface area contributed by atoms with Crippen molar-refractivity contribution in [2.24, 2.45) is 0 Å². The van der Waals surface area contributed by atoms with Crippen LogP contribution >= 0.6 is 11.6 Å². The Kier molecular flexibility index (Phi) is 7.51. The molecule has 0 radical (unpaired) electrons. The maximum absolute atomic E-state index is 12.5. The Bertz CT molecular complexity index is 843. The number of halogens is 1. The first kappa shape index (κ1) is 22.2. The van der Waals surface area contributed by atoms with Crippen molar-refractivity contribution in [3.05, 3.63) is 47.2 Å². The van der Waals surface area contributed by atoms with Gasteiger partial charge < -0.3 is 15.0 Å². The SMILES string of the molecule is CC(CCn1cccn1)N1CCC(Oc2ccc(C(=O)NC3CCCC3)cc2Cl)CC1. The number of amides is 1. The van der Waals surface area contributed by atoms with Gasteiger partial charge in [-0.05, 0) is 63.3 Å². The standard InChI is InChI=1S/C24H33ClN4O2/c1-18(9-16-29-13-4-12-26-29)28-14-10-21(11-15-28)31-23-8-7-19(17-22(23)25)24(30)27-20-5-2-3-6-20/h4,7-8,12-13,17-18,20-21H,2-3,5-6,9-11,14-16H2,1H3,(H,27,30). The zero-order chi connectivity index (χ0) is 21.6. The van der Waals surface area contributed by atoms with Crippen molar-refractivity contribution in [3.8, 4) is 5.75 Å². The minimum Gasteiger partial charge on any atom is -0.489 e. The van der Waals surface area contributed by atoms with Gasteiger partial charge in [-0.3, -0.25) is 9.48 Å². The number of aryl methyl sites for hydroxylation is 1. The number of ether oxygens (including phenoxy) is 1. The molecule has 31 heavy (non-hydrogen) atoms. The Hall–Kier alpha value is -2.05. The van der Waals surface area contributed by atoms with Crippen molar-refractivity contribution < 1.29 is 9.53 Å². The summed E-state index contributed by atoms with van der Waals surface area (Å²) in [5.41, 5.74) is 0.602. The number of nitrogens with zero attached hydrogens (tertiary/aromatic N) is 3. The third-order valence-corrected chi connectivity index (χ3v) is 6.91. The van der Waals surface area contributed by atoms with E-state index in [4.69, 9.17) is 16.3 Å². The summed E-state index contributed by atoms with van der Waals surface area (Å²) in [4.78, 5) is 15.0. The van der Waals surface area contributed by atoms with Gasteiger partial charge >= 0.3 is 0 Å². The maximum atomic E-state index is 12.5. The molecule has 168 valence electrons. The predicted octanol–water partition coefficient (Wildman–Crippen LogP) is 4.53. The summed E-state index contributed by atoms with van der Waals surface area (Å²) >= 11 is 6.45. The minimum absolute atomic E-state index is 0.0437. The van der Waals surface area contributed by atoms with Crippen LogP contribution in [0.1, 0.15) is 62.2 Å². The Balaban J connectivity index is 1.23. The smallest absolute Gasteiger partial charge is 0.251 e. The molecule has 1 aliphatic carbocycles. The average Bonchev–Trinajstić information content (AvgIpc) is 3.48. The number of hydrogen-bond donors (Lipinski definition) is 1. The predicted molar refractivity (Wildman–Crippen MR) is 123 cm³/mol. The molecule has 1 saturated carbocycles. The fourth-order valence-electron chi connectivity index (χ4n) is 4.62. The molecule has 7 heteroatoms. The number of nitrogens with one attached hydrogen (secondary N) is 1. The van der Waals surface area contributed by atoms with Gasteiger partial charge in [0.05, 0.1) is 5.02 Å². The molecule has 0 bridgehead atoms. The Morgan fingerprint density at radius 3 is 2.71 bits per heavy atom. The summed E-state index contributed by atoms with van der Waals surface area (Å²) in [5.74, 6) is 0.627. The number of benzene rings is 1. The van der Waals surface area contributed by atoms with Crippen LogP contribution in [-0.2, 0) is 6.54 Å². The lowest BCUT2D eigenvalue weighted by molar-refractivity contribution is 0.0760. The lowest BCUT2D eigenvalue weighted by atomic mass is 10.0. The molecule has 1 atom stereocenters. The summed E-state index contributed by atoms with van der Waals surface area (Å²) in [6, 6.07) is 8.17. The van der Waals surface area contributed by atoms with Crippen molar-refractivity contribution in [1.82, 2.24) is 20.0 Å². The van der Waals surface area contributed by atoms with Crippen LogP contribution < -0.4 is 10.1 Å². The summed E-state index contributed by atoms with van der Waals surface area (Å²) in [7, 11) is 0. The molecule has 4 rings (SSSR count). The fraction of sp³-hybridized carbons (Fsp3) is 0.583. The second-order valence-electron chi connectivity index (χ2n) is 8.86. The highest BCUT2D eigenvalue weighted by molar-refractivity contribution is 6.32. The lowest BCUT2D eigenvalue weighted by Crippen LogP contribution is -2.43. The maximum Gasteiger partial charge on any atom is 0.251 e. The van der Waals surface area contributed by atoms with E-state index in [9.17, 15) is 4.79 Å². The van der Waals surface area contributed by atoms with Crippen LogP contribution in [0.5, 0.6) is 5.75 Å². The van der Waals surface area contributed by atoms with Crippen LogP contribution in [0.25, 0.3) is 0 Å². The Labute approximate surface area is 189 Å². The van der Waals surface area contributed by atoms with Crippen molar-refractivity contribution in [1.29, 1.82) is 0 Å². The molecule has 2 aromatic rings. The normalized spacial score (nSPS) is 19.4. The summed E-state index contributed by atoms with van der Waals surface area (Å²) in [5, 5.41) is 7.90. The molecule has 1 aliphatic heterocycles. The molecule has 2 fully saturated rings. The van der Waals surface area contributed by atoms with E-state index in [-0.39, 0.29) is 12.0 Å². The summed E-state index contributed by atoms with van der Waals surface area (Å²) < 4.78 is 8.19. The number of carbonyl (C=O) groups excluding carboxylic acids is 1. The molecule has 1 saturated heterocycles. The fourth-order valence-corrected chi connectivity index (χ4v) is 4.85. The molecular formula is C24H33ClN4O2. The lowest BCUT2D eigenvalue weighted by Gasteiger charge is -2.36. The van der Waals surface area contributed by atoms with E-state index >= 15 is 0 Å². The van der Waals surface area contributed by atoms with E-state index in [1.54, 1.807) is 6.07 Å². The number of aromatic nitrogens is 2. The van der Waals surface area contributed by atoms with Crippen molar-refractivity contribution in [2.75, 3.05) is 13.1 Å². The van der Waals surface area contributed by atoms with Gasteiger partial charge in [-0.1, -0.05) is 24.4 Å². The van der Waals surface area contributed by atoms with Crippen molar-refractivity contribution >= 4 is 17.5 Å². The summed E-state index contributed by atoms with van der Waals surface area (Å²) in [6.07, 6.45) is 11.6. The van der Waals surface area contributed by atoms with Crippen molar-refractivity contribution in [3.63, 3.8) is 0 Å². The van der Waals surface area contributed by atoms with Crippen LogP contribution in [0.15, 0.2) is 36.7 Å². The first-order valence-electron chi connectivity index (χ1n) is 11.6. The summed E-state index contributed by atoms with van der Waals surface area (Å²) in [6.45, 7) is 5.27. The van der Waals surface area contributed by atoms with E-state index < -0.39 is 0 Å². The molecule has 2 aliphatic rings. The molecule has 1 N–H and O–H groups in total. The van der Waals surface area contributed by atoms with E-state index in [0.29, 0.717) is 28.4 Å². The molecule has 1 amide bonds. The number of hydrogen-bond acceptors (Lipinski definition) is 4. The van der Waals surface area contributed by atoms with Gasteiger partial charge in [0, 0.05) is 49.7 Å². The van der Waals surface area contributed by atoms with Crippen LogP contribution in [0, 0.1) is 0 Å². The molecular weight excluding hydrogens is 412 g/mol. The van der Waals surface area contributed by atoms with E-state index in [1.165, 1.54) is 12.8 Å².